The second-order valence-corrected chi connectivity index (χ2v) is 5.20. The molecule has 0 unspecified atom stereocenters. The summed E-state index contributed by atoms with van der Waals surface area (Å²) < 4.78 is 3.89. The first-order valence-electron chi connectivity index (χ1n) is 4.40. The highest BCUT2D eigenvalue weighted by molar-refractivity contribution is 7.10. The summed E-state index contributed by atoms with van der Waals surface area (Å²) in [4.78, 5) is 11.8. The SMILES string of the molecule is NC(=O)c1c(Cl)nsc1-c1cc(Cl)cc(Cl)c1. The molecule has 0 saturated heterocycles. The Hall–Kier alpha value is -0.810. The van der Waals surface area contributed by atoms with E-state index in [9.17, 15) is 4.79 Å². The highest BCUT2D eigenvalue weighted by Gasteiger charge is 2.19. The van der Waals surface area contributed by atoms with Gasteiger partial charge in [0.2, 0.25) is 0 Å². The summed E-state index contributed by atoms with van der Waals surface area (Å²) >= 11 is 18.7. The maximum atomic E-state index is 11.3. The van der Waals surface area contributed by atoms with Crippen molar-refractivity contribution in [2.24, 2.45) is 5.73 Å². The average Bonchev–Trinajstić information content (AvgIpc) is 2.58. The minimum Gasteiger partial charge on any atom is -0.365 e. The molecule has 1 aromatic carbocycles. The number of amides is 1. The Morgan fingerprint density at radius 2 is 1.76 bits per heavy atom. The summed E-state index contributed by atoms with van der Waals surface area (Å²) in [6.45, 7) is 0. The number of carbonyl (C=O) groups excluding carboxylic acids is 1. The van der Waals surface area contributed by atoms with Crippen LogP contribution in [0.2, 0.25) is 15.2 Å². The molecule has 0 radical (unpaired) electrons. The van der Waals surface area contributed by atoms with Crippen molar-refractivity contribution in [3.8, 4) is 10.4 Å². The van der Waals surface area contributed by atoms with E-state index in [0.29, 0.717) is 20.5 Å². The van der Waals surface area contributed by atoms with Crippen molar-refractivity contribution in [2.45, 2.75) is 0 Å². The second kappa shape index (κ2) is 4.82. The summed E-state index contributed by atoms with van der Waals surface area (Å²) in [5, 5.41) is 1.02. The van der Waals surface area contributed by atoms with Gasteiger partial charge in [-0.1, -0.05) is 34.8 Å². The van der Waals surface area contributed by atoms with Crippen LogP contribution in [0.3, 0.4) is 0 Å². The van der Waals surface area contributed by atoms with Crippen molar-refractivity contribution < 1.29 is 4.79 Å². The van der Waals surface area contributed by atoms with E-state index >= 15 is 0 Å². The lowest BCUT2D eigenvalue weighted by atomic mass is 10.1. The van der Waals surface area contributed by atoms with Gasteiger partial charge in [0.05, 0.1) is 10.4 Å². The maximum absolute atomic E-state index is 11.3. The van der Waals surface area contributed by atoms with Crippen LogP contribution in [0.5, 0.6) is 0 Å². The zero-order valence-corrected chi connectivity index (χ0v) is 11.3. The summed E-state index contributed by atoms with van der Waals surface area (Å²) in [6, 6.07) is 4.94. The van der Waals surface area contributed by atoms with E-state index in [1.54, 1.807) is 18.2 Å². The number of primary amides is 1. The molecule has 1 aromatic heterocycles. The molecule has 0 aliphatic carbocycles. The Bertz CT molecular complexity index is 577. The molecule has 2 N–H and O–H groups in total. The van der Waals surface area contributed by atoms with Crippen LogP contribution >= 0.6 is 46.3 Å². The van der Waals surface area contributed by atoms with Gasteiger partial charge in [0.25, 0.3) is 5.91 Å². The van der Waals surface area contributed by atoms with E-state index < -0.39 is 5.91 Å². The monoisotopic (exact) mass is 306 g/mol. The second-order valence-electron chi connectivity index (χ2n) is 3.20. The number of hydrogen-bond donors (Lipinski definition) is 1. The number of rotatable bonds is 2. The van der Waals surface area contributed by atoms with Crippen LogP contribution in [0.1, 0.15) is 10.4 Å². The molecule has 7 heteroatoms. The van der Waals surface area contributed by atoms with Gasteiger partial charge >= 0.3 is 0 Å². The van der Waals surface area contributed by atoms with Gasteiger partial charge in [-0.05, 0) is 35.3 Å². The summed E-state index contributed by atoms with van der Waals surface area (Å²) in [5.41, 5.74) is 6.11. The molecule has 2 aromatic rings. The van der Waals surface area contributed by atoms with Crippen molar-refractivity contribution in [1.82, 2.24) is 4.37 Å². The molecule has 3 nitrogen and oxygen atoms in total. The van der Waals surface area contributed by atoms with Crippen molar-refractivity contribution >= 4 is 52.2 Å². The first-order chi connectivity index (χ1) is 7.99. The highest BCUT2D eigenvalue weighted by atomic mass is 35.5. The fourth-order valence-corrected chi connectivity index (χ4v) is 3.01. The highest BCUT2D eigenvalue weighted by Crippen LogP contribution is 2.35. The number of halogens is 3. The van der Waals surface area contributed by atoms with Gasteiger partial charge in [-0.2, -0.15) is 4.37 Å². The largest absolute Gasteiger partial charge is 0.365 e. The van der Waals surface area contributed by atoms with Crippen LogP contribution in [0.15, 0.2) is 18.2 Å². The van der Waals surface area contributed by atoms with Crippen LogP contribution in [0.25, 0.3) is 10.4 Å². The molecule has 0 aliphatic rings. The van der Waals surface area contributed by atoms with E-state index in [1.165, 1.54) is 0 Å². The fourth-order valence-electron chi connectivity index (χ4n) is 1.37. The van der Waals surface area contributed by atoms with Crippen molar-refractivity contribution in [2.75, 3.05) is 0 Å². The Morgan fingerprint density at radius 1 is 1.18 bits per heavy atom. The number of nitrogens with two attached hydrogens (primary N) is 1. The smallest absolute Gasteiger partial charge is 0.253 e. The van der Waals surface area contributed by atoms with E-state index in [2.05, 4.69) is 4.37 Å². The number of carbonyl (C=O) groups is 1. The number of aromatic nitrogens is 1. The van der Waals surface area contributed by atoms with Crippen molar-refractivity contribution in [1.29, 1.82) is 0 Å². The Kier molecular flexibility index (Phi) is 3.58. The molecule has 2 rings (SSSR count). The van der Waals surface area contributed by atoms with Gasteiger partial charge in [-0.25, -0.2) is 0 Å². The molecule has 0 saturated carbocycles. The minimum atomic E-state index is -0.630. The predicted molar refractivity (Wildman–Crippen MR) is 71.1 cm³/mol. The zero-order chi connectivity index (χ0) is 12.6. The van der Waals surface area contributed by atoms with Crippen molar-refractivity contribution in [3.63, 3.8) is 0 Å². The van der Waals surface area contributed by atoms with Gasteiger partial charge < -0.3 is 5.73 Å². The van der Waals surface area contributed by atoms with Gasteiger partial charge in [0.1, 0.15) is 0 Å². The predicted octanol–water partition coefficient (Wildman–Crippen LogP) is 3.87. The lowest BCUT2D eigenvalue weighted by Crippen LogP contribution is -2.11. The van der Waals surface area contributed by atoms with Crippen LogP contribution < -0.4 is 5.73 Å². The zero-order valence-electron chi connectivity index (χ0n) is 8.21. The molecule has 0 atom stereocenters. The minimum absolute atomic E-state index is 0.0913. The third kappa shape index (κ3) is 2.55. The molecule has 88 valence electrons. The third-order valence-corrected chi connectivity index (χ3v) is 3.73. The summed E-state index contributed by atoms with van der Waals surface area (Å²) in [6.07, 6.45) is 0. The quantitative estimate of drug-likeness (QED) is 0.915. The lowest BCUT2D eigenvalue weighted by molar-refractivity contribution is 0.100. The van der Waals surface area contributed by atoms with E-state index in [0.717, 1.165) is 11.5 Å². The molecule has 1 heterocycles. The first kappa shape index (κ1) is 12.6. The Balaban J connectivity index is 2.64. The normalized spacial score (nSPS) is 10.5. The van der Waals surface area contributed by atoms with Gasteiger partial charge in [0.15, 0.2) is 5.15 Å². The Labute approximate surface area is 116 Å². The first-order valence-corrected chi connectivity index (χ1v) is 6.31. The third-order valence-electron chi connectivity index (χ3n) is 2.02. The van der Waals surface area contributed by atoms with E-state index in [1.807, 2.05) is 0 Å². The van der Waals surface area contributed by atoms with Gasteiger partial charge in [-0.3, -0.25) is 4.79 Å². The molecule has 1 amide bonds. The molecule has 0 spiro atoms. The van der Waals surface area contributed by atoms with Gasteiger partial charge in [-0.15, -0.1) is 0 Å². The topological polar surface area (TPSA) is 56.0 Å². The maximum Gasteiger partial charge on any atom is 0.253 e. The number of hydrogen-bond acceptors (Lipinski definition) is 3. The van der Waals surface area contributed by atoms with Crippen LogP contribution in [0, 0.1) is 0 Å². The summed E-state index contributed by atoms with van der Waals surface area (Å²) in [7, 11) is 0. The number of benzene rings is 1. The standard InChI is InChI=1S/C10H5Cl3N2OS/c11-5-1-4(2-6(12)3-5)8-7(10(14)16)9(13)15-17-8/h1-3H,(H2,14,16). The van der Waals surface area contributed by atoms with E-state index in [4.69, 9.17) is 40.5 Å². The summed E-state index contributed by atoms with van der Waals surface area (Å²) in [5.74, 6) is -0.630. The van der Waals surface area contributed by atoms with Crippen molar-refractivity contribution in [3.05, 3.63) is 39.0 Å². The average molecular weight is 308 g/mol. The molecule has 0 aliphatic heterocycles. The molecule has 0 bridgehead atoms. The Morgan fingerprint density at radius 3 is 2.29 bits per heavy atom. The number of nitrogens with zero attached hydrogens (tertiary/aromatic N) is 1. The molecule has 17 heavy (non-hydrogen) atoms. The van der Waals surface area contributed by atoms with E-state index in [-0.39, 0.29) is 10.7 Å². The van der Waals surface area contributed by atoms with Crippen LogP contribution in [-0.4, -0.2) is 10.3 Å². The fraction of sp³-hybridized carbons (Fsp3) is 0. The lowest BCUT2D eigenvalue weighted by Gasteiger charge is -2.02. The van der Waals surface area contributed by atoms with Gasteiger partial charge in [0, 0.05) is 10.0 Å². The molecule has 0 fully saturated rings. The molecular weight excluding hydrogens is 303 g/mol. The van der Waals surface area contributed by atoms with Crippen LogP contribution in [-0.2, 0) is 0 Å². The van der Waals surface area contributed by atoms with Crippen LogP contribution in [0.4, 0.5) is 0 Å². The molecular formula is C10H5Cl3N2OS.